The molecular formula is C7H7NO4. The van der Waals surface area contributed by atoms with Crippen LogP contribution in [0, 0.1) is 0 Å². The monoisotopic (exact) mass is 169 g/mol. The molecule has 0 spiro atoms. The predicted molar refractivity (Wildman–Crippen MR) is 40.0 cm³/mol. The normalized spacial score (nSPS) is 9.67. The number of carboxylic acids is 1. The molecule has 64 valence electrons. The van der Waals surface area contributed by atoms with Gasteiger partial charge in [0.05, 0.1) is 0 Å². The van der Waals surface area contributed by atoms with Crippen molar-refractivity contribution < 1.29 is 15.0 Å². The van der Waals surface area contributed by atoms with Crippen molar-refractivity contribution in [1.82, 2.24) is 4.57 Å². The van der Waals surface area contributed by atoms with Crippen molar-refractivity contribution in [2.45, 2.75) is 6.54 Å². The third-order valence-corrected chi connectivity index (χ3v) is 1.32. The number of nitrogens with zero attached hydrogens (tertiary/aromatic N) is 1. The molecule has 0 saturated carbocycles. The second-order valence-corrected chi connectivity index (χ2v) is 2.20. The van der Waals surface area contributed by atoms with Gasteiger partial charge in [-0.15, -0.1) is 0 Å². The third-order valence-electron chi connectivity index (χ3n) is 1.32. The number of hydrogen-bond donors (Lipinski definition) is 2. The van der Waals surface area contributed by atoms with Crippen LogP contribution in [0.5, 0.6) is 5.88 Å². The molecule has 1 aromatic rings. The molecule has 0 aromatic carbocycles. The van der Waals surface area contributed by atoms with E-state index in [1.807, 2.05) is 0 Å². The lowest BCUT2D eigenvalue weighted by molar-refractivity contribution is -0.137. The number of pyridine rings is 1. The summed E-state index contributed by atoms with van der Waals surface area (Å²) >= 11 is 0. The quantitative estimate of drug-likeness (QED) is 0.633. The van der Waals surface area contributed by atoms with Crippen molar-refractivity contribution in [3.63, 3.8) is 0 Å². The van der Waals surface area contributed by atoms with Crippen LogP contribution in [0.2, 0.25) is 0 Å². The molecule has 0 aliphatic carbocycles. The predicted octanol–water partition coefficient (Wildman–Crippen LogP) is -0.361. The molecule has 1 heterocycles. The first-order valence-electron chi connectivity index (χ1n) is 3.22. The molecule has 0 saturated heterocycles. The van der Waals surface area contributed by atoms with Gasteiger partial charge in [0, 0.05) is 6.07 Å². The van der Waals surface area contributed by atoms with Crippen molar-refractivity contribution >= 4 is 5.97 Å². The zero-order valence-corrected chi connectivity index (χ0v) is 6.10. The molecular weight excluding hydrogens is 162 g/mol. The Bertz CT molecular complexity index is 355. The highest BCUT2D eigenvalue weighted by molar-refractivity contribution is 5.66. The molecule has 0 radical (unpaired) electrons. The second-order valence-electron chi connectivity index (χ2n) is 2.20. The highest BCUT2D eigenvalue weighted by Crippen LogP contribution is 2.02. The van der Waals surface area contributed by atoms with Gasteiger partial charge < -0.3 is 10.2 Å². The zero-order chi connectivity index (χ0) is 9.14. The van der Waals surface area contributed by atoms with Crippen molar-refractivity contribution in [3.05, 3.63) is 28.6 Å². The summed E-state index contributed by atoms with van der Waals surface area (Å²) in [5.74, 6) is -1.51. The molecule has 0 atom stereocenters. The first-order chi connectivity index (χ1) is 5.61. The van der Waals surface area contributed by atoms with Crippen molar-refractivity contribution in [2.24, 2.45) is 0 Å². The van der Waals surface area contributed by atoms with Crippen LogP contribution in [0.4, 0.5) is 0 Å². The molecule has 12 heavy (non-hydrogen) atoms. The van der Waals surface area contributed by atoms with Gasteiger partial charge >= 0.3 is 5.97 Å². The minimum Gasteiger partial charge on any atom is -0.494 e. The van der Waals surface area contributed by atoms with Crippen molar-refractivity contribution in [1.29, 1.82) is 0 Å². The SMILES string of the molecule is O=C(O)Cn1c(O)cccc1=O. The molecule has 0 aliphatic rings. The largest absolute Gasteiger partial charge is 0.494 e. The Balaban J connectivity index is 3.13. The Labute approximate surface area is 67.5 Å². The highest BCUT2D eigenvalue weighted by Gasteiger charge is 2.04. The summed E-state index contributed by atoms with van der Waals surface area (Å²) in [6.07, 6.45) is 0. The van der Waals surface area contributed by atoms with E-state index in [4.69, 9.17) is 10.2 Å². The molecule has 0 aliphatic heterocycles. The fourth-order valence-corrected chi connectivity index (χ4v) is 0.804. The lowest BCUT2D eigenvalue weighted by Crippen LogP contribution is -2.22. The molecule has 1 rings (SSSR count). The summed E-state index contributed by atoms with van der Waals surface area (Å²) in [5, 5.41) is 17.4. The van der Waals surface area contributed by atoms with E-state index in [-0.39, 0.29) is 5.88 Å². The number of carboxylic acid groups (broad SMARTS) is 1. The number of carbonyl (C=O) groups is 1. The first kappa shape index (κ1) is 8.32. The Morgan fingerprint density at radius 1 is 1.50 bits per heavy atom. The van der Waals surface area contributed by atoms with Gasteiger partial charge in [0.25, 0.3) is 5.56 Å². The summed E-state index contributed by atoms with van der Waals surface area (Å²) in [6.45, 7) is -0.522. The summed E-state index contributed by atoms with van der Waals surface area (Å²) < 4.78 is 0.766. The standard InChI is InChI=1S/C7H7NO4/c9-5-2-1-3-6(10)8(5)4-7(11)12/h1-3,9H,4H2,(H,11,12). The molecule has 1 aromatic heterocycles. The van der Waals surface area contributed by atoms with Gasteiger partial charge in [-0.25, -0.2) is 0 Å². The van der Waals surface area contributed by atoms with Gasteiger partial charge in [0.15, 0.2) is 5.88 Å². The molecule has 5 nitrogen and oxygen atoms in total. The van der Waals surface area contributed by atoms with Gasteiger partial charge in [0.1, 0.15) is 6.54 Å². The number of aromatic hydroxyl groups is 1. The highest BCUT2D eigenvalue weighted by atomic mass is 16.4. The lowest BCUT2D eigenvalue weighted by atomic mass is 10.4. The van der Waals surface area contributed by atoms with E-state index in [1.165, 1.54) is 18.2 Å². The van der Waals surface area contributed by atoms with E-state index in [9.17, 15) is 9.59 Å². The smallest absolute Gasteiger partial charge is 0.323 e. The van der Waals surface area contributed by atoms with Crippen LogP contribution in [0.3, 0.4) is 0 Å². The minimum absolute atomic E-state index is 0.343. The summed E-state index contributed by atoms with van der Waals surface area (Å²) in [4.78, 5) is 21.1. The number of rotatable bonds is 2. The van der Waals surface area contributed by atoms with Crippen LogP contribution in [0.25, 0.3) is 0 Å². The van der Waals surface area contributed by atoms with E-state index >= 15 is 0 Å². The molecule has 0 bridgehead atoms. The minimum atomic E-state index is -1.17. The van der Waals surface area contributed by atoms with Crippen LogP contribution in [0.1, 0.15) is 0 Å². The second kappa shape index (κ2) is 3.08. The maximum Gasteiger partial charge on any atom is 0.323 e. The van der Waals surface area contributed by atoms with E-state index in [2.05, 4.69) is 0 Å². The molecule has 5 heteroatoms. The van der Waals surface area contributed by atoms with Gasteiger partial charge in [-0.2, -0.15) is 0 Å². The fraction of sp³-hybridized carbons (Fsp3) is 0.143. The van der Waals surface area contributed by atoms with E-state index in [1.54, 1.807) is 0 Å². The van der Waals surface area contributed by atoms with Crippen LogP contribution in [-0.4, -0.2) is 20.7 Å². The fourth-order valence-electron chi connectivity index (χ4n) is 0.804. The summed E-state index contributed by atoms with van der Waals surface area (Å²) in [5.41, 5.74) is -0.530. The van der Waals surface area contributed by atoms with Gasteiger partial charge in [-0.3, -0.25) is 14.2 Å². The summed E-state index contributed by atoms with van der Waals surface area (Å²) in [7, 11) is 0. The molecule has 2 N–H and O–H groups in total. The summed E-state index contributed by atoms with van der Waals surface area (Å²) in [6, 6.07) is 3.79. The zero-order valence-electron chi connectivity index (χ0n) is 6.10. The third kappa shape index (κ3) is 1.63. The molecule has 0 unspecified atom stereocenters. The maximum atomic E-state index is 10.9. The van der Waals surface area contributed by atoms with Crippen molar-refractivity contribution in [2.75, 3.05) is 0 Å². The van der Waals surface area contributed by atoms with Crippen LogP contribution in [0.15, 0.2) is 23.0 Å². The van der Waals surface area contributed by atoms with Gasteiger partial charge in [-0.05, 0) is 6.07 Å². The maximum absolute atomic E-state index is 10.9. The Morgan fingerprint density at radius 3 is 2.67 bits per heavy atom. The molecule has 0 fully saturated rings. The Morgan fingerprint density at radius 2 is 2.17 bits per heavy atom. The van der Waals surface area contributed by atoms with Gasteiger partial charge in [-0.1, -0.05) is 6.07 Å². The average Bonchev–Trinajstić information content (AvgIpc) is 1.97. The Kier molecular flexibility index (Phi) is 2.14. The van der Waals surface area contributed by atoms with Gasteiger partial charge in [0.2, 0.25) is 0 Å². The first-order valence-corrected chi connectivity index (χ1v) is 3.22. The van der Waals surface area contributed by atoms with Crippen LogP contribution < -0.4 is 5.56 Å². The van der Waals surface area contributed by atoms with E-state index < -0.39 is 18.1 Å². The topological polar surface area (TPSA) is 79.5 Å². The number of hydrogen-bond acceptors (Lipinski definition) is 3. The van der Waals surface area contributed by atoms with E-state index in [0.717, 1.165) is 4.57 Å². The van der Waals surface area contributed by atoms with Crippen molar-refractivity contribution in [3.8, 4) is 5.88 Å². The average molecular weight is 169 g/mol. The number of aliphatic carboxylic acids is 1. The van der Waals surface area contributed by atoms with E-state index in [0.29, 0.717) is 0 Å². The van der Waals surface area contributed by atoms with Crippen LogP contribution in [-0.2, 0) is 11.3 Å². The number of aromatic nitrogens is 1. The van der Waals surface area contributed by atoms with Crippen LogP contribution >= 0.6 is 0 Å². The Hall–Kier alpha value is -1.78. The molecule has 0 amide bonds. The lowest BCUT2D eigenvalue weighted by Gasteiger charge is -2.02.